The van der Waals surface area contributed by atoms with E-state index in [4.69, 9.17) is 4.98 Å². The first-order valence-corrected chi connectivity index (χ1v) is 10.6. The van der Waals surface area contributed by atoms with Crippen LogP contribution in [0, 0.1) is 19.8 Å². The third-order valence-electron chi connectivity index (χ3n) is 5.95. The summed E-state index contributed by atoms with van der Waals surface area (Å²) in [6.45, 7) is 11.6. The van der Waals surface area contributed by atoms with Crippen LogP contribution in [0.4, 0.5) is 5.95 Å². The number of pyridine rings is 1. The van der Waals surface area contributed by atoms with Gasteiger partial charge in [0.2, 0.25) is 11.9 Å². The lowest BCUT2D eigenvalue weighted by atomic mass is 9.91. The van der Waals surface area contributed by atoms with E-state index in [0.717, 1.165) is 42.2 Å². The monoisotopic (exact) mass is 399 g/mol. The summed E-state index contributed by atoms with van der Waals surface area (Å²) in [5.41, 5.74) is 2.38. The molecular weight excluding hydrogens is 366 g/mol. The predicted octanol–water partition coefficient (Wildman–Crippen LogP) is 3.48. The summed E-state index contributed by atoms with van der Waals surface area (Å²) in [6, 6.07) is 0.537. The van der Waals surface area contributed by atoms with Crippen LogP contribution in [0.1, 0.15) is 70.5 Å². The molecule has 2 aromatic rings. The largest absolute Gasteiger partial charge is 0.353 e. The smallest absolute Gasteiger partial charge is 0.255 e. The molecule has 0 spiro atoms. The molecule has 0 atom stereocenters. The zero-order valence-electron chi connectivity index (χ0n) is 18.4. The minimum atomic E-state index is 0.0102. The quantitative estimate of drug-likeness (QED) is 0.803. The second-order valence-electron chi connectivity index (χ2n) is 8.81. The second kappa shape index (κ2) is 8.51. The van der Waals surface area contributed by atoms with Crippen LogP contribution in [0.25, 0.3) is 11.0 Å². The Morgan fingerprint density at radius 3 is 2.28 bits per heavy atom. The molecule has 2 N–H and O–H groups in total. The highest BCUT2D eigenvalue weighted by Crippen LogP contribution is 2.24. The summed E-state index contributed by atoms with van der Waals surface area (Å²) in [7, 11) is 0. The van der Waals surface area contributed by atoms with Gasteiger partial charge in [-0.2, -0.15) is 4.98 Å². The molecule has 0 aliphatic heterocycles. The molecule has 0 bridgehead atoms. The first-order chi connectivity index (χ1) is 13.7. The van der Waals surface area contributed by atoms with Crippen molar-refractivity contribution in [2.45, 2.75) is 85.4 Å². The van der Waals surface area contributed by atoms with Crippen molar-refractivity contribution in [1.82, 2.24) is 19.9 Å². The highest BCUT2D eigenvalue weighted by atomic mass is 16.2. The maximum atomic E-state index is 12.8. The summed E-state index contributed by atoms with van der Waals surface area (Å²) in [5, 5.41) is 7.49. The van der Waals surface area contributed by atoms with Crippen molar-refractivity contribution in [2.75, 3.05) is 5.32 Å². The third-order valence-corrected chi connectivity index (χ3v) is 5.95. The summed E-state index contributed by atoms with van der Waals surface area (Å²) < 4.78 is 1.75. The lowest BCUT2D eigenvalue weighted by Gasteiger charge is -2.30. The second-order valence-corrected chi connectivity index (χ2v) is 8.81. The van der Waals surface area contributed by atoms with E-state index >= 15 is 0 Å². The first kappa shape index (κ1) is 21.3. The van der Waals surface area contributed by atoms with Gasteiger partial charge in [0.05, 0.1) is 0 Å². The Morgan fingerprint density at radius 1 is 1.07 bits per heavy atom. The average Bonchev–Trinajstić information content (AvgIpc) is 2.67. The van der Waals surface area contributed by atoms with E-state index in [9.17, 15) is 9.59 Å². The fraction of sp³-hybridized carbons (Fsp3) is 0.636. The van der Waals surface area contributed by atoms with Crippen LogP contribution < -0.4 is 16.2 Å². The molecule has 2 aromatic heterocycles. The molecule has 158 valence electrons. The van der Waals surface area contributed by atoms with Gasteiger partial charge in [0, 0.05) is 41.2 Å². The predicted molar refractivity (Wildman–Crippen MR) is 116 cm³/mol. The molecule has 3 rings (SSSR count). The Balaban J connectivity index is 1.77. The molecule has 7 nitrogen and oxygen atoms in total. The van der Waals surface area contributed by atoms with E-state index in [1.54, 1.807) is 4.57 Å². The molecule has 1 amide bonds. The van der Waals surface area contributed by atoms with Gasteiger partial charge >= 0.3 is 0 Å². The first-order valence-electron chi connectivity index (χ1n) is 10.6. The summed E-state index contributed by atoms with van der Waals surface area (Å²) in [5.74, 6) is 0.698. The maximum absolute atomic E-state index is 12.8. The summed E-state index contributed by atoms with van der Waals surface area (Å²) >= 11 is 0. The van der Waals surface area contributed by atoms with Gasteiger partial charge < -0.3 is 10.6 Å². The number of anilines is 1. The standard InChI is InChI=1S/C22H33N5O2/c1-12(2)20(28)24-16-7-9-17(10-8-16)25-22-23-11-18-14(5)15(6)21(29)27(13(3)4)19(18)26-22/h11-13,16-17H,7-10H2,1-6H3,(H,24,28)(H,23,25,26). The van der Waals surface area contributed by atoms with Gasteiger partial charge in [0.1, 0.15) is 5.65 Å². The van der Waals surface area contributed by atoms with Crippen molar-refractivity contribution in [3.63, 3.8) is 0 Å². The van der Waals surface area contributed by atoms with Crippen LogP contribution in [0.3, 0.4) is 0 Å². The summed E-state index contributed by atoms with van der Waals surface area (Å²) in [6.07, 6.45) is 5.61. The van der Waals surface area contributed by atoms with Gasteiger partial charge in [0.15, 0.2) is 0 Å². The molecule has 0 unspecified atom stereocenters. The highest BCUT2D eigenvalue weighted by Gasteiger charge is 2.24. The number of fused-ring (bicyclic) bond motifs is 1. The minimum absolute atomic E-state index is 0.0102. The third kappa shape index (κ3) is 4.43. The number of rotatable bonds is 5. The zero-order chi connectivity index (χ0) is 21.3. The Kier molecular flexibility index (Phi) is 6.24. The van der Waals surface area contributed by atoms with Crippen LogP contribution in [0.5, 0.6) is 0 Å². The molecule has 1 saturated carbocycles. The van der Waals surface area contributed by atoms with Crippen molar-refractivity contribution >= 4 is 22.9 Å². The van der Waals surface area contributed by atoms with Crippen molar-refractivity contribution in [3.8, 4) is 0 Å². The number of aryl methyl sites for hydroxylation is 1. The van der Waals surface area contributed by atoms with Gasteiger partial charge in [-0.1, -0.05) is 13.8 Å². The zero-order valence-corrected chi connectivity index (χ0v) is 18.4. The SMILES string of the molecule is Cc1c(C)c2cnc(NC3CCC(NC(=O)C(C)C)CC3)nc2n(C(C)C)c1=O. The van der Waals surface area contributed by atoms with Crippen LogP contribution in [-0.4, -0.2) is 32.5 Å². The van der Waals surface area contributed by atoms with E-state index in [0.29, 0.717) is 11.6 Å². The number of aromatic nitrogens is 3. The number of nitrogens with zero attached hydrogens (tertiary/aromatic N) is 3. The number of hydrogen-bond donors (Lipinski definition) is 2. The molecule has 1 aliphatic carbocycles. The molecular formula is C22H33N5O2. The molecule has 0 radical (unpaired) electrons. The van der Waals surface area contributed by atoms with E-state index in [-0.39, 0.29) is 35.5 Å². The Morgan fingerprint density at radius 2 is 1.69 bits per heavy atom. The average molecular weight is 400 g/mol. The molecule has 1 aliphatic rings. The van der Waals surface area contributed by atoms with Crippen molar-refractivity contribution in [3.05, 3.63) is 27.7 Å². The number of carbonyl (C=O) groups excluding carboxylic acids is 1. The molecule has 2 heterocycles. The Bertz CT molecular complexity index is 956. The van der Waals surface area contributed by atoms with Crippen LogP contribution >= 0.6 is 0 Å². The van der Waals surface area contributed by atoms with Crippen molar-refractivity contribution < 1.29 is 4.79 Å². The van der Waals surface area contributed by atoms with Gasteiger partial charge in [-0.25, -0.2) is 4.98 Å². The molecule has 29 heavy (non-hydrogen) atoms. The molecule has 0 saturated heterocycles. The number of carbonyl (C=O) groups is 1. The Hall–Kier alpha value is -2.44. The van der Waals surface area contributed by atoms with Gasteiger partial charge in [-0.3, -0.25) is 14.2 Å². The lowest BCUT2D eigenvalue weighted by molar-refractivity contribution is -0.124. The van der Waals surface area contributed by atoms with Gasteiger partial charge in [-0.05, 0) is 58.9 Å². The Labute approximate surface area is 172 Å². The molecule has 1 fully saturated rings. The number of nitrogens with one attached hydrogen (secondary N) is 2. The normalized spacial score (nSPS) is 19.7. The van der Waals surface area contributed by atoms with Gasteiger partial charge in [-0.15, -0.1) is 0 Å². The molecule has 7 heteroatoms. The van der Waals surface area contributed by atoms with Crippen LogP contribution in [0.2, 0.25) is 0 Å². The van der Waals surface area contributed by atoms with E-state index in [1.165, 1.54) is 0 Å². The fourth-order valence-corrected chi connectivity index (χ4v) is 3.94. The fourth-order valence-electron chi connectivity index (χ4n) is 3.94. The number of hydrogen-bond acceptors (Lipinski definition) is 5. The topological polar surface area (TPSA) is 88.9 Å². The maximum Gasteiger partial charge on any atom is 0.255 e. The summed E-state index contributed by atoms with van der Waals surface area (Å²) in [4.78, 5) is 33.9. The van der Waals surface area contributed by atoms with Crippen molar-refractivity contribution in [1.29, 1.82) is 0 Å². The minimum Gasteiger partial charge on any atom is -0.353 e. The number of amides is 1. The van der Waals surface area contributed by atoms with Crippen LogP contribution in [0.15, 0.2) is 11.0 Å². The molecule has 0 aromatic carbocycles. The lowest BCUT2D eigenvalue weighted by Crippen LogP contribution is -2.41. The van der Waals surface area contributed by atoms with Crippen LogP contribution in [-0.2, 0) is 4.79 Å². The van der Waals surface area contributed by atoms with E-state index < -0.39 is 0 Å². The highest BCUT2D eigenvalue weighted by molar-refractivity contribution is 5.80. The van der Waals surface area contributed by atoms with E-state index in [1.807, 2.05) is 47.7 Å². The van der Waals surface area contributed by atoms with Gasteiger partial charge in [0.25, 0.3) is 5.56 Å². The van der Waals surface area contributed by atoms with Crippen molar-refractivity contribution in [2.24, 2.45) is 5.92 Å². The van der Waals surface area contributed by atoms with E-state index in [2.05, 4.69) is 15.6 Å².